The molecule has 3 aromatic carbocycles. The van der Waals surface area contributed by atoms with Crippen LogP contribution in [0.2, 0.25) is 0 Å². The first kappa shape index (κ1) is 20.9. The highest BCUT2D eigenvalue weighted by Gasteiger charge is 2.14. The van der Waals surface area contributed by atoms with Crippen LogP contribution in [0.3, 0.4) is 0 Å². The van der Waals surface area contributed by atoms with Gasteiger partial charge in [-0.1, -0.05) is 66.4 Å². The number of aromatic nitrogens is 2. The number of hydrogen-bond donors (Lipinski definition) is 1. The number of nitrogens with zero attached hydrogens (tertiary/aromatic N) is 2. The van der Waals surface area contributed by atoms with Crippen LogP contribution in [0.15, 0.2) is 82.7 Å². The van der Waals surface area contributed by atoms with Gasteiger partial charge in [-0.2, -0.15) is 0 Å². The molecule has 0 unspecified atom stereocenters. The molecule has 4 rings (SSSR count). The maximum absolute atomic E-state index is 13.2. The van der Waals surface area contributed by atoms with E-state index in [9.17, 15) is 9.59 Å². The summed E-state index contributed by atoms with van der Waals surface area (Å²) in [5.74, 6) is 0.0276. The van der Waals surface area contributed by atoms with Gasteiger partial charge in [0.15, 0.2) is 5.16 Å². The van der Waals surface area contributed by atoms with Crippen LogP contribution in [0.25, 0.3) is 10.9 Å². The van der Waals surface area contributed by atoms with Crippen molar-refractivity contribution in [1.82, 2.24) is 9.55 Å². The van der Waals surface area contributed by atoms with Crippen LogP contribution in [0.4, 0.5) is 5.69 Å². The summed E-state index contributed by atoms with van der Waals surface area (Å²) in [7, 11) is 0. The molecule has 0 atom stereocenters. The number of fused-ring (bicyclic) bond motifs is 1. The third-order valence-corrected chi connectivity index (χ3v) is 5.99. The second-order valence-corrected chi connectivity index (χ2v) is 8.39. The zero-order chi connectivity index (χ0) is 21.8. The molecule has 1 N–H and O–H groups in total. The highest BCUT2D eigenvalue weighted by atomic mass is 32.2. The Bertz CT molecular complexity index is 1300. The van der Waals surface area contributed by atoms with E-state index in [1.165, 1.54) is 11.8 Å². The largest absolute Gasteiger partial charge is 0.325 e. The van der Waals surface area contributed by atoms with Crippen LogP contribution in [0, 0.1) is 13.8 Å². The molecule has 156 valence electrons. The Labute approximate surface area is 185 Å². The molecule has 0 saturated carbocycles. The molecule has 0 radical (unpaired) electrons. The summed E-state index contributed by atoms with van der Waals surface area (Å²) < 4.78 is 1.65. The van der Waals surface area contributed by atoms with Gasteiger partial charge in [0.05, 0.1) is 23.2 Å². The van der Waals surface area contributed by atoms with Crippen molar-refractivity contribution in [2.45, 2.75) is 25.5 Å². The molecule has 1 amide bonds. The summed E-state index contributed by atoms with van der Waals surface area (Å²) in [4.78, 5) is 30.5. The van der Waals surface area contributed by atoms with Gasteiger partial charge < -0.3 is 5.32 Å². The van der Waals surface area contributed by atoms with E-state index in [0.29, 0.717) is 22.6 Å². The average Bonchev–Trinajstić information content (AvgIpc) is 2.78. The van der Waals surface area contributed by atoms with Crippen LogP contribution in [-0.2, 0) is 11.3 Å². The van der Waals surface area contributed by atoms with Crippen LogP contribution in [-0.4, -0.2) is 21.2 Å². The topological polar surface area (TPSA) is 64.0 Å². The van der Waals surface area contributed by atoms with Crippen molar-refractivity contribution in [1.29, 1.82) is 0 Å². The van der Waals surface area contributed by atoms with Crippen molar-refractivity contribution in [3.05, 3.63) is 99.8 Å². The number of carbonyl (C=O) groups excluding carboxylic acids is 1. The Hall–Kier alpha value is -3.38. The predicted octanol–water partition coefficient (Wildman–Crippen LogP) is 4.79. The predicted molar refractivity (Wildman–Crippen MR) is 127 cm³/mol. The minimum atomic E-state index is -0.132. The number of para-hydroxylation sites is 1. The highest BCUT2D eigenvalue weighted by molar-refractivity contribution is 7.99. The van der Waals surface area contributed by atoms with E-state index in [-0.39, 0.29) is 17.2 Å². The second kappa shape index (κ2) is 9.18. The number of amides is 1. The van der Waals surface area contributed by atoms with E-state index in [1.807, 2.05) is 80.6 Å². The quantitative estimate of drug-likeness (QED) is 0.353. The Morgan fingerprint density at radius 3 is 2.55 bits per heavy atom. The highest BCUT2D eigenvalue weighted by Crippen LogP contribution is 2.21. The molecule has 4 aromatic rings. The number of aryl methyl sites for hydroxylation is 2. The van der Waals surface area contributed by atoms with E-state index in [0.717, 1.165) is 22.4 Å². The lowest BCUT2D eigenvalue weighted by molar-refractivity contribution is -0.113. The van der Waals surface area contributed by atoms with Crippen molar-refractivity contribution in [2.75, 3.05) is 11.1 Å². The fourth-order valence-corrected chi connectivity index (χ4v) is 4.15. The van der Waals surface area contributed by atoms with Gasteiger partial charge in [-0.3, -0.25) is 14.2 Å². The van der Waals surface area contributed by atoms with Gasteiger partial charge in [0, 0.05) is 5.69 Å². The summed E-state index contributed by atoms with van der Waals surface area (Å²) in [5, 5.41) is 4.07. The molecule has 1 heterocycles. The number of nitrogens with one attached hydrogen (secondary N) is 1. The van der Waals surface area contributed by atoms with Crippen molar-refractivity contribution < 1.29 is 4.79 Å². The number of rotatable bonds is 6. The zero-order valence-electron chi connectivity index (χ0n) is 17.5. The molecular weight excluding hydrogens is 406 g/mol. The molecule has 31 heavy (non-hydrogen) atoms. The molecular formula is C25H23N3O2S. The van der Waals surface area contributed by atoms with E-state index in [2.05, 4.69) is 10.3 Å². The van der Waals surface area contributed by atoms with Gasteiger partial charge in [0.25, 0.3) is 5.56 Å². The third kappa shape index (κ3) is 4.86. The van der Waals surface area contributed by atoms with Gasteiger partial charge >= 0.3 is 0 Å². The lowest BCUT2D eigenvalue weighted by Gasteiger charge is -2.14. The van der Waals surface area contributed by atoms with Crippen LogP contribution < -0.4 is 10.9 Å². The fraction of sp³-hybridized carbons (Fsp3) is 0.160. The van der Waals surface area contributed by atoms with Gasteiger partial charge in [-0.05, 0) is 48.7 Å². The minimum absolute atomic E-state index is 0.105. The second-order valence-electron chi connectivity index (χ2n) is 7.44. The van der Waals surface area contributed by atoms with Crippen molar-refractivity contribution in [2.24, 2.45) is 0 Å². The van der Waals surface area contributed by atoms with E-state index >= 15 is 0 Å². The summed E-state index contributed by atoms with van der Waals surface area (Å²) in [6, 6.07) is 23.0. The lowest BCUT2D eigenvalue weighted by atomic mass is 10.1. The molecule has 0 saturated heterocycles. The SMILES string of the molecule is Cc1ccc(C)c(NC(=O)CSc2nc3ccccc3c(=O)n2Cc2ccccc2)c1. The summed E-state index contributed by atoms with van der Waals surface area (Å²) >= 11 is 1.27. The summed E-state index contributed by atoms with van der Waals surface area (Å²) in [6.07, 6.45) is 0. The van der Waals surface area contributed by atoms with E-state index < -0.39 is 0 Å². The molecule has 0 aliphatic rings. The zero-order valence-corrected chi connectivity index (χ0v) is 18.3. The van der Waals surface area contributed by atoms with Gasteiger partial charge in [-0.25, -0.2) is 4.98 Å². The Morgan fingerprint density at radius 1 is 1.00 bits per heavy atom. The van der Waals surface area contributed by atoms with Crippen molar-refractivity contribution >= 4 is 34.3 Å². The Balaban J connectivity index is 1.61. The maximum Gasteiger partial charge on any atom is 0.262 e. The van der Waals surface area contributed by atoms with Crippen LogP contribution in [0.5, 0.6) is 0 Å². The molecule has 0 fully saturated rings. The van der Waals surface area contributed by atoms with Gasteiger partial charge in [0.1, 0.15) is 0 Å². The average molecular weight is 430 g/mol. The monoisotopic (exact) mass is 429 g/mol. The molecule has 0 spiro atoms. The first-order chi connectivity index (χ1) is 15.0. The third-order valence-electron chi connectivity index (χ3n) is 5.01. The molecule has 0 aliphatic heterocycles. The van der Waals surface area contributed by atoms with E-state index in [4.69, 9.17) is 0 Å². The molecule has 1 aromatic heterocycles. The fourth-order valence-electron chi connectivity index (χ4n) is 3.35. The summed E-state index contributed by atoms with van der Waals surface area (Å²) in [6.45, 7) is 4.36. The molecule has 5 nitrogen and oxygen atoms in total. The van der Waals surface area contributed by atoms with Crippen molar-refractivity contribution in [3.8, 4) is 0 Å². The first-order valence-electron chi connectivity index (χ1n) is 10.0. The molecule has 0 bridgehead atoms. The van der Waals surface area contributed by atoms with Crippen molar-refractivity contribution in [3.63, 3.8) is 0 Å². The van der Waals surface area contributed by atoms with Gasteiger partial charge in [-0.15, -0.1) is 0 Å². The number of carbonyl (C=O) groups is 1. The first-order valence-corrected chi connectivity index (χ1v) is 11.0. The molecule has 0 aliphatic carbocycles. The van der Waals surface area contributed by atoms with Gasteiger partial charge in [0.2, 0.25) is 5.91 Å². The van der Waals surface area contributed by atoms with Crippen LogP contribution in [0.1, 0.15) is 16.7 Å². The number of benzene rings is 3. The number of anilines is 1. The number of thioether (sulfide) groups is 1. The maximum atomic E-state index is 13.2. The summed E-state index contributed by atoms with van der Waals surface area (Å²) in [5.41, 5.74) is 4.43. The van der Waals surface area contributed by atoms with Crippen LogP contribution >= 0.6 is 11.8 Å². The lowest BCUT2D eigenvalue weighted by Crippen LogP contribution is -2.25. The standard InChI is InChI=1S/C25H23N3O2S/c1-17-12-13-18(2)22(14-17)26-23(29)16-31-25-27-21-11-7-6-10-20(21)24(30)28(25)15-19-8-4-3-5-9-19/h3-14H,15-16H2,1-2H3,(H,26,29). The molecule has 6 heteroatoms. The van der Waals surface area contributed by atoms with E-state index in [1.54, 1.807) is 10.6 Å². The Kier molecular flexibility index (Phi) is 6.18. The Morgan fingerprint density at radius 2 is 1.74 bits per heavy atom. The normalized spacial score (nSPS) is 10.9. The smallest absolute Gasteiger partial charge is 0.262 e. The number of hydrogen-bond acceptors (Lipinski definition) is 4. The minimum Gasteiger partial charge on any atom is -0.325 e.